The SMILES string of the molecule is CC(=NO)Oc1csnn1.[NaH]. The number of nitrogens with zero attached hydrogens (tertiary/aromatic N) is 3. The molecule has 1 heterocycles. The number of hydrogen-bond donors (Lipinski definition) is 1. The summed E-state index contributed by atoms with van der Waals surface area (Å²) < 4.78 is 8.38. The van der Waals surface area contributed by atoms with Gasteiger partial charge in [0, 0.05) is 6.92 Å². The zero-order valence-corrected chi connectivity index (χ0v) is 6.00. The molecule has 0 spiro atoms. The van der Waals surface area contributed by atoms with Crippen LogP contribution in [0.15, 0.2) is 10.5 Å². The van der Waals surface area contributed by atoms with E-state index in [0.29, 0.717) is 5.88 Å². The molecule has 7 heteroatoms. The normalized spacial score (nSPS) is 10.5. The summed E-state index contributed by atoms with van der Waals surface area (Å²) in [6, 6.07) is 0. The molecule has 56 valence electrons. The zero-order valence-electron chi connectivity index (χ0n) is 5.18. The van der Waals surface area contributed by atoms with E-state index in [-0.39, 0.29) is 35.5 Å². The molecule has 11 heavy (non-hydrogen) atoms. The summed E-state index contributed by atoms with van der Waals surface area (Å²) in [6.45, 7) is 1.51. The molecule has 0 saturated carbocycles. The van der Waals surface area contributed by atoms with Crippen molar-refractivity contribution in [3.05, 3.63) is 5.38 Å². The minimum absolute atomic E-state index is 0. The molecule has 0 aliphatic heterocycles. The van der Waals surface area contributed by atoms with E-state index in [1.54, 1.807) is 5.38 Å². The number of ether oxygens (including phenoxy) is 1. The van der Waals surface area contributed by atoms with Gasteiger partial charge >= 0.3 is 29.6 Å². The van der Waals surface area contributed by atoms with Gasteiger partial charge in [0.1, 0.15) is 0 Å². The molecule has 0 aromatic carbocycles. The van der Waals surface area contributed by atoms with Gasteiger partial charge in [0.05, 0.1) is 5.38 Å². The molecule has 0 atom stereocenters. The van der Waals surface area contributed by atoms with E-state index >= 15 is 0 Å². The summed E-state index contributed by atoms with van der Waals surface area (Å²) in [6.07, 6.45) is 0. The van der Waals surface area contributed by atoms with Gasteiger partial charge in [-0.1, -0.05) is 14.7 Å². The average molecular weight is 183 g/mol. The zero-order chi connectivity index (χ0) is 7.40. The van der Waals surface area contributed by atoms with E-state index in [1.807, 2.05) is 0 Å². The van der Waals surface area contributed by atoms with Crippen molar-refractivity contribution in [2.24, 2.45) is 5.16 Å². The molecule has 1 aromatic heterocycles. The first-order valence-corrected chi connectivity index (χ1v) is 3.30. The van der Waals surface area contributed by atoms with Gasteiger partial charge in [-0.2, -0.15) is 0 Å². The summed E-state index contributed by atoms with van der Waals surface area (Å²) >= 11 is 1.17. The van der Waals surface area contributed by atoms with E-state index in [0.717, 1.165) is 0 Å². The third kappa shape index (κ3) is 3.66. The second-order valence-corrected chi connectivity index (χ2v) is 2.07. The third-order valence-electron chi connectivity index (χ3n) is 0.733. The van der Waals surface area contributed by atoms with Gasteiger partial charge in [0.2, 0.25) is 5.90 Å². The number of aromatic nitrogens is 2. The fourth-order valence-electron chi connectivity index (χ4n) is 0.372. The number of rotatable bonds is 1. The van der Waals surface area contributed by atoms with Crippen LogP contribution >= 0.6 is 11.5 Å². The Morgan fingerprint density at radius 2 is 2.55 bits per heavy atom. The summed E-state index contributed by atoms with van der Waals surface area (Å²) in [7, 11) is 0. The first kappa shape index (κ1) is 10.8. The maximum absolute atomic E-state index is 8.15. The van der Waals surface area contributed by atoms with Gasteiger partial charge in [-0.3, -0.25) is 0 Å². The van der Waals surface area contributed by atoms with Crippen molar-refractivity contribution in [1.29, 1.82) is 0 Å². The molecule has 1 rings (SSSR count). The van der Waals surface area contributed by atoms with Crippen LogP contribution < -0.4 is 4.74 Å². The fraction of sp³-hybridized carbons (Fsp3) is 0.250. The van der Waals surface area contributed by atoms with Gasteiger partial charge in [0.25, 0.3) is 5.88 Å². The maximum atomic E-state index is 8.15. The van der Waals surface area contributed by atoms with Crippen molar-refractivity contribution in [2.45, 2.75) is 6.92 Å². The molecule has 0 saturated heterocycles. The van der Waals surface area contributed by atoms with Gasteiger partial charge < -0.3 is 9.94 Å². The summed E-state index contributed by atoms with van der Waals surface area (Å²) in [5.41, 5.74) is 0. The fourth-order valence-corrected chi connectivity index (χ4v) is 0.732. The molecular formula is C4H6N3NaO2S. The Bertz CT molecular complexity index is 225. The Morgan fingerprint density at radius 1 is 1.82 bits per heavy atom. The molecule has 0 radical (unpaired) electrons. The van der Waals surface area contributed by atoms with Gasteiger partial charge in [-0.15, -0.1) is 0 Å². The standard InChI is InChI=1S/C4H5N3O2S.Na.H/c1-3(6-8)9-4-2-10-7-5-4;;/h2,8H,1H3;;. The van der Waals surface area contributed by atoms with Crippen molar-refractivity contribution in [2.75, 3.05) is 0 Å². The van der Waals surface area contributed by atoms with Crippen molar-refractivity contribution < 1.29 is 9.94 Å². The monoisotopic (exact) mass is 183 g/mol. The van der Waals surface area contributed by atoms with Crippen molar-refractivity contribution in [3.8, 4) is 5.88 Å². The number of oxime groups is 1. The van der Waals surface area contributed by atoms with Crippen LogP contribution in [-0.4, -0.2) is 50.2 Å². The van der Waals surface area contributed by atoms with E-state index in [1.165, 1.54) is 18.5 Å². The Labute approximate surface area is 89.5 Å². The van der Waals surface area contributed by atoms with Crippen LogP contribution in [0.25, 0.3) is 0 Å². The van der Waals surface area contributed by atoms with Gasteiger partial charge in [-0.05, 0) is 11.5 Å². The average Bonchev–Trinajstić information content (AvgIpc) is 2.40. The molecule has 0 unspecified atom stereocenters. The van der Waals surface area contributed by atoms with E-state index in [9.17, 15) is 0 Å². The van der Waals surface area contributed by atoms with Gasteiger partial charge in [-0.25, -0.2) is 0 Å². The molecule has 0 aliphatic carbocycles. The predicted octanol–water partition coefficient (Wildman–Crippen LogP) is 0.0760. The first-order chi connectivity index (χ1) is 4.83. The molecule has 1 aromatic rings. The van der Waals surface area contributed by atoms with E-state index in [4.69, 9.17) is 9.94 Å². The molecular weight excluding hydrogens is 177 g/mol. The second kappa shape index (κ2) is 5.48. The Morgan fingerprint density at radius 3 is 3.00 bits per heavy atom. The Hall–Kier alpha value is -0.170. The summed E-state index contributed by atoms with van der Waals surface area (Å²) in [4.78, 5) is 0. The first-order valence-electron chi connectivity index (χ1n) is 2.46. The summed E-state index contributed by atoms with van der Waals surface area (Å²) in [5, 5.41) is 16.1. The molecule has 1 N–H and O–H groups in total. The van der Waals surface area contributed by atoms with Crippen molar-refractivity contribution >= 4 is 47.0 Å². The van der Waals surface area contributed by atoms with Crippen molar-refractivity contribution in [3.63, 3.8) is 0 Å². The van der Waals surface area contributed by atoms with Crippen LogP contribution in [0.4, 0.5) is 0 Å². The molecule has 0 fully saturated rings. The quantitative estimate of drug-likeness (QED) is 0.220. The van der Waals surface area contributed by atoms with E-state index in [2.05, 4.69) is 14.7 Å². The van der Waals surface area contributed by atoms with Crippen LogP contribution in [-0.2, 0) is 0 Å². The molecule has 0 amide bonds. The number of hydrogen-bond acceptors (Lipinski definition) is 6. The second-order valence-electron chi connectivity index (χ2n) is 1.46. The molecule has 0 aliphatic rings. The van der Waals surface area contributed by atoms with Crippen LogP contribution in [0.1, 0.15) is 6.92 Å². The van der Waals surface area contributed by atoms with Crippen LogP contribution in [0.5, 0.6) is 5.88 Å². The topological polar surface area (TPSA) is 67.6 Å². The van der Waals surface area contributed by atoms with Crippen LogP contribution in [0, 0.1) is 0 Å². The molecule has 5 nitrogen and oxygen atoms in total. The van der Waals surface area contributed by atoms with Crippen LogP contribution in [0.3, 0.4) is 0 Å². The Kier molecular flexibility index (Phi) is 5.39. The Balaban J connectivity index is 0.000001000. The predicted molar refractivity (Wildman–Crippen MR) is 42.6 cm³/mol. The van der Waals surface area contributed by atoms with Crippen LogP contribution in [0.2, 0.25) is 0 Å². The van der Waals surface area contributed by atoms with Crippen molar-refractivity contribution in [1.82, 2.24) is 9.59 Å². The summed E-state index contributed by atoms with van der Waals surface area (Å²) in [5.74, 6) is 0.494. The third-order valence-corrected chi connectivity index (χ3v) is 1.22. The molecule has 0 bridgehead atoms. The van der Waals surface area contributed by atoms with E-state index < -0.39 is 0 Å². The van der Waals surface area contributed by atoms with Gasteiger partial charge in [0.15, 0.2) is 0 Å². The minimum atomic E-state index is 0.